The van der Waals surface area contributed by atoms with E-state index in [2.05, 4.69) is 33.6 Å². The topological polar surface area (TPSA) is 54.7 Å². The van der Waals surface area contributed by atoms with Crippen LogP contribution in [0.25, 0.3) is 0 Å². The summed E-state index contributed by atoms with van der Waals surface area (Å²) in [5.41, 5.74) is 0.820. The summed E-state index contributed by atoms with van der Waals surface area (Å²) in [5.74, 6) is 1.34. The predicted molar refractivity (Wildman–Crippen MR) is 120 cm³/mol. The number of halogens is 2. The number of piperidine rings is 1. The maximum Gasteiger partial charge on any atom is 0.194 e. The Kier molecular flexibility index (Phi) is 8.53. The fraction of sp³-hybridized carbons (Fsp3) is 0.500. The number of aromatic nitrogens is 2. The lowest BCUT2D eigenvalue weighted by Crippen LogP contribution is -2.49. The Morgan fingerprint density at radius 3 is 2.89 bits per heavy atom. The van der Waals surface area contributed by atoms with Gasteiger partial charge >= 0.3 is 0 Å². The second kappa shape index (κ2) is 10.6. The summed E-state index contributed by atoms with van der Waals surface area (Å²) in [6.07, 6.45) is 6.82. The van der Waals surface area contributed by atoms with Crippen LogP contribution >= 0.6 is 24.0 Å². The lowest BCUT2D eigenvalue weighted by molar-refractivity contribution is 0.189. The van der Waals surface area contributed by atoms with Crippen molar-refractivity contribution in [3.63, 3.8) is 0 Å². The van der Waals surface area contributed by atoms with Crippen LogP contribution in [0.1, 0.15) is 31.9 Å². The average molecular weight is 501 g/mol. The van der Waals surface area contributed by atoms with Gasteiger partial charge in [-0.05, 0) is 37.0 Å². The number of hydrogen-bond donors (Lipinski definition) is 1. The van der Waals surface area contributed by atoms with E-state index in [9.17, 15) is 4.39 Å². The highest BCUT2D eigenvalue weighted by atomic mass is 127. The highest BCUT2D eigenvalue weighted by molar-refractivity contribution is 14.0. The van der Waals surface area contributed by atoms with Gasteiger partial charge in [0.25, 0.3) is 0 Å². The third-order valence-electron chi connectivity index (χ3n) is 5.09. The van der Waals surface area contributed by atoms with Crippen LogP contribution in [0.5, 0.6) is 5.75 Å². The fourth-order valence-corrected chi connectivity index (χ4v) is 3.50. The van der Waals surface area contributed by atoms with Gasteiger partial charge in [0.05, 0.1) is 26.0 Å². The molecule has 2 atom stereocenters. The highest BCUT2D eigenvalue weighted by Gasteiger charge is 2.28. The van der Waals surface area contributed by atoms with Gasteiger partial charge in [-0.25, -0.2) is 14.4 Å². The zero-order valence-electron chi connectivity index (χ0n) is 16.6. The summed E-state index contributed by atoms with van der Waals surface area (Å²) in [7, 11) is 1.47. The number of nitrogens with one attached hydrogen (secondary N) is 1. The Balaban J connectivity index is 0.00000280. The standard InChI is InChI=1S/C20H28FN5O.HI/c1-4-23-20(24-12-16-5-6-19(27-3)17(21)11-16)25-9-7-15(2)18(13-25)26-10-8-22-14-26;/h5-6,8,10-11,14-15,18H,4,7,9,12-13H2,1-3H3,(H,23,24);1H. The van der Waals surface area contributed by atoms with E-state index in [1.54, 1.807) is 6.07 Å². The molecule has 0 bridgehead atoms. The largest absolute Gasteiger partial charge is 0.494 e. The number of ether oxygens (including phenoxy) is 1. The van der Waals surface area contributed by atoms with E-state index < -0.39 is 0 Å². The van der Waals surface area contributed by atoms with E-state index in [0.29, 0.717) is 18.5 Å². The molecule has 154 valence electrons. The number of aliphatic imine (C=N–C) groups is 1. The van der Waals surface area contributed by atoms with Crippen molar-refractivity contribution in [2.45, 2.75) is 32.9 Å². The molecule has 0 amide bonds. The predicted octanol–water partition coefficient (Wildman–Crippen LogP) is 3.70. The van der Waals surface area contributed by atoms with Gasteiger partial charge in [0.2, 0.25) is 0 Å². The summed E-state index contributed by atoms with van der Waals surface area (Å²) in [6.45, 7) is 7.38. The normalized spacial score (nSPS) is 19.9. The number of imidazole rings is 1. The quantitative estimate of drug-likeness (QED) is 0.386. The van der Waals surface area contributed by atoms with Crippen LogP contribution in [0.2, 0.25) is 0 Å². The monoisotopic (exact) mass is 501 g/mol. The Labute approximate surface area is 183 Å². The molecule has 6 nitrogen and oxygen atoms in total. The van der Waals surface area contributed by atoms with Crippen LogP contribution < -0.4 is 10.1 Å². The molecule has 28 heavy (non-hydrogen) atoms. The van der Waals surface area contributed by atoms with Crippen molar-refractivity contribution in [1.29, 1.82) is 0 Å². The van der Waals surface area contributed by atoms with Crippen molar-refractivity contribution < 1.29 is 9.13 Å². The van der Waals surface area contributed by atoms with Gasteiger partial charge in [0, 0.05) is 32.0 Å². The lowest BCUT2D eigenvalue weighted by Gasteiger charge is -2.39. The number of nitrogens with zero attached hydrogens (tertiary/aromatic N) is 4. The minimum atomic E-state index is -0.359. The molecule has 1 aromatic carbocycles. The SMILES string of the molecule is CCNC(=NCc1ccc(OC)c(F)c1)N1CCC(C)C(n2ccnc2)C1.I. The molecule has 1 aliphatic rings. The molecule has 3 rings (SSSR count). The zero-order chi connectivity index (χ0) is 19.2. The molecule has 2 heterocycles. The van der Waals surface area contributed by atoms with Gasteiger partial charge in [-0.2, -0.15) is 0 Å². The molecule has 1 N–H and O–H groups in total. The van der Waals surface area contributed by atoms with Crippen LogP contribution in [0.15, 0.2) is 41.9 Å². The van der Waals surface area contributed by atoms with E-state index >= 15 is 0 Å². The molecule has 0 aliphatic carbocycles. The Hall–Kier alpha value is -1.84. The van der Waals surface area contributed by atoms with Crippen molar-refractivity contribution in [2.24, 2.45) is 10.9 Å². The molecule has 1 aromatic heterocycles. The van der Waals surface area contributed by atoms with Gasteiger partial charge in [-0.15, -0.1) is 24.0 Å². The summed E-state index contributed by atoms with van der Waals surface area (Å²) < 4.78 is 21.1. The van der Waals surface area contributed by atoms with Crippen molar-refractivity contribution in [3.8, 4) is 5.75 Å². The molecule has 2 unspecified atom stereocenters. The maximum atomic E-state index is 13.9. The van der Waals surface area contributed by atoms with Crippen LogP contribution in [0.4, 0.5) is 4.39 Å². The molecule has 2 aromatic rings. The van der Waals surface area contributed by atoms with Crippen LogP contribution in [-0.4, -0.2) is 47.2 Å². The third-order valence-corrected chi connectivity index (χ3v) is 5.09. The highest BCUT2D eigenvalue weighted by Crippen LogP contribution is 2.27. The van der Waals surface area contributed by atoms with E-state index in [-0.39, 0.29) is 35.5 Å². The van der Waals surface area contributed by atoms with Crippen molar-refractivity contribution >= 4 is 29.9 Å². The Morgan fingerprint density at radius 1 is 1.43 bits per heavy atom. The minimum absolute atomic E-state index is 0. The first-order chi connectivity index (χ1) is 13.1. The number of methoxy groups -OCH3 is 1. The van der Waals surface area contributed by atoms with Crippen LogP contribution in [-0.2, 0) is 6.54 Å². The van der Waals surface area contributed by atoms with E-state index in [0.717, 1.165) is 37.6 Å². The second-order valence-corrected chi connectivity index (χ2v) is 6.93. The molecule has 1 saturated heterocycles. The van der Waals surface area contributed by atoms with Gasteiger partial charge in [0.15, 0.2) is 17.5 Å². The Bertz CT molecular complexity index is 768. The van der Waals surface area contributed by atoms with Gasteiger partial charge in [0.1, 0.15) is 0 Å². The van der Waals surface area contributed by atoms with E-state index in [1.165, 1.54) is 13.2 Å². The molecule has 8 heteroatoms. The van der Waals surface area contributed by atoms with Crippen LogP contribution in [0, 0.1) is 11.7 Å². The molecular formula is C20H29FIN5O. The first-order valence-corrected chi connectivity index (χ1v) is 9.45. The Morgan fingerprint density at radius 2 is 2.25 bits per heavy atom. The summed E-state index contributed by atoms with van der Waals surface area (Å²) in [4.78, 5) is 11.2. The van der Waals surface area contributed by atoms with Crippen molar-refractivity contribution in [1.82, 2.24) is 19.8 Å². The number of hydrogen-bond acceptors (Lipinski definition) is 3. The zero-order valence-corrected chi connectivity index (χ0v) is 19.0. The smallest absolute Gasteiger partial charge is 0.194 e. The number of benzene rings is 1. The average Bonchev–Trinajstić information content (AvgIpc) is 3.20. The molecule has 0 saturated carbocycles. The van der Waals surface area contributed by atoms with E-state index in [1.807, 2.05) is 24.8 Å². The molecule has 0 radical (unpaired) electrons. The maximum absolute atomic E-state index is 13.9. The van der Waals surface area contributed by atoms with Gasteiger partial charge in [-0.1, -0.05) is 13.0 Å². The first-order valence-electron chi connectivity index (χ1n) is 9.45. The number of likely N-dealkylation sites (tertiary alicyclic amines) is 1. The molecular weight excluding hydrogens is 472 g/mol. The molecule has 0 spiro atoms. The van der Waals surface area contributed by atoms with Gasteiger partial charge in [-0.3, -0.25) is 0 Å². The first kappa shape index (κ1) is 22.4. The fourth-order valence-electron chi connectivity index (χ4n) is 3.50. The molecule has 1 aliphatic heterocycles. The minimum Gasteiger partial charge on any atom is -0.494 e. The molecule has 1 fully saturated rings. The summed E-state index contributed by atoms with van der Waals surface area (Å²) in [6, 6.07) is 5.34. The van der Waals surface area contributed by atoms with E-state index in [4.69, 9.17) is 9.73 Å². The third kappa shape index (κ3) is 5.36. The summed E-state index contributed by atoms with van der Waals surface area (Å²) in [5, 5.41) is 3.37. The summed E-state index contributed by atoms with van der Waals surface area (Å²) >= 11 is 0. The number of rotatable bonds is 5. The van der Waals surface area contributed by atoms with Crippen molar-refractivity contribution in [3.05, 3.63) is 48.3 Å². The van der Waals surface area contributed by atoms with Gasteiger partial charge < -0.3 is 19.5 Å². The van der Waals surface area contributed by atoms with Crippen molar-refractivity contribution in [2.75, 3.05) is 26.7 Å². The second-order valence-electron chi connectivity index (χ2n) is 6.93. The number of guanidine groups is 1. The lowest BCUT2D eigenvalue weighted by atomic mass is 9.93. The van der Waals surface area contributed by atoms with Crippen LogP contribution in [0.3, 0.4) is 0 Å².